The zero-order valence-electron chi connectivity index (χ0n) is 16.0. The van der Waals surface area contributed by atoms with Gasteiger partial charge in [-0.25, -0.2) is 18.9 Å². The summed E-state index contributed by atoms with van der Waals surface area (Å²) in [5.74, 6) is -3.26. The molecule has 0 spiro atoms. The van der Waals surface area contributed by atoms with Gasteiger partial charge in [-0.05, 0) is 60.7 Å². The number of nitrogens with zero attached hydrogens (tertiary/aromatic N) is 1. The van der Waals surface area contributed by atoms with Crippen molar-refractivity contribution in [2.75, 3.05) is 4.90 Å². The topological polar surface area (TPSA) is 117 Å². The van der Waals surface area contributed by atoms with Crippen molar-refractivity contribution in [3.8, 4) is 11.3 Å². The minimum absolute atomic E-state index is 0.00371. The van der Waals surface area contributed by atoms with Gasteiger partial charge < -0.3 is 9.52 Å². The smallest absolute Gasteiger partial charge is 0.335 e. The fourth-order valence-corrected chi connectivity index (χ4v) is 3.26. The molecule has 0 atom stereocenters. The lowest BCUT2D eigenvalue weighted by atomic mass is 10.1. The zero-order valence-corrected chi connectivity index (χ0v) is 16.7. The van der Waals surface area contributed by atoms with E-state index >= 15 is 0 Å². The van der Waals surface area contributed by atoms with Crippen molar-refractivity contribution >= 4 is 47.2 Å². The number of anilines is 1. The highest BCUT2D eigenvalue weighted by Crippen LogP contribution is 2.31. The predicted molar refractivity (Wildman–Crippen MR) is 112 cm³/mol. The number of barbiturate groups is 1. The van der Waals surface area contributed by atoms with Crippen LogP contribution >= 0.6 is 11.6 Å². The third-order valence-electron chi connectivity index (χ3n) is 4.58. The maximum atomic E-state index is 13.2. The summed E-state index contributed by atoms with van der Waals surface area (Å²) in [4.78, 5) is 49.2. The number of rotatable bonds is 4. The largest absolute Gasteiger partial charge is 0.478 e. The molecule has 160 valence electrons. The van der Waals surface area contributed by atoms with E-state index in [2.05, 4.69) is 0 Å². The molecule has 0 aliphatic carbocycles. The second-order valence-corrected chi connectivity index (χ2v) is 7.04. The Bertz CT molecular complexity index is 1310. The first-order valence-corrected chi connectivity index (χ1v) is 9.42. The van der Waals surface area contributed by atoms with Crippen molar-refractivity contribution in [2.24, 2.45) is 0 Å². The first-order chi connectivity index (χ1) is 15.2. The molecule has 0 unspecified atom stereocenters. The zero-order chi connectivity index (χ0) is 23.0. The van der Waals surface area contributed by atoms with Crippen LogP contribution in [0.5, 0.6) is 0 Å². The third-order valence-corrected chi connectivity index (χ3v) is 4.91. The van der Waals surface area contributed by atoms with Crippen LogP contribution in [0.25, 0.3) is 17.4 Å². The number of nitrogens with one attached hydrogen (secondary N) is 1. The van der Waals surface area contributed by atoms with Gasteiger partial charge in [-0.2, -0.15) is 0 Å². The first-order valence-electron chi connectivity index (χ1n) is 9.04. The van der Waals surface area contributed by atoms with E-state index in [0.717, 1.165) is 18.2 Å². The van der Waals surface area contributed by atoms with E-state index in [9.17, 15) is 23.6 Å². The molecule has 3 aromatic rings. The van der Waals surface area contributed by atoms with Crippen molar-refractivity contribution in [2.45, 2.75) is 0 Å². The normalized spacial score (nSPS) is 15.2. The summed E-state index contributed by atoms with van der Waals surface area (Å²) in [6.07, 6.45) is 1.14. The SMILES string of the molecule is O=C1NC(=O)N(c2ccc(F)cc2)C(=O)/C1=C/c1ccc(-c2cc(C(=O)O)ccc2Cl)o1. The van der Waals surface area contributed by atoms with Crippen LogP contribution in [-0.4, -0.2) is 28.9 Å². The summed E-state index contributed by atoms with van der Waals surface area (Å²) in [7, 11) is 0. The number of imide groups is 2. The summed E-state index contributed by atoms with van der Waals surface area (Å²) >= 11 is 6.14. The second kappa shape index (κ2) is 8.12. The average Bonchev–Trinajstić information content (AvgIpc) is 3.21. The van der Waals surface area contributed by atoms with E-state index in [1.54, 1.807) is 0 Å². The number of aromatic carboxylic acids is 1. The van der Waals surface area contributed by atoms with Crippen molar-refractivity contribution in [3.63, 3.8) is 0 Å². The number of carboxylic acids is 1. The Labute approximate surface area is 184 Å². The van der Waals surface area contributed by atoms with Crippen molar-refractivity contribution in [1.29, 1.82) is 0 Å². The van der Waals surface area contributed by atoms with Crippen LogP contribution in [0.15, 0.2) is 64.6 Å². The summed E-state index contributed by atoms with van der Waals surface area (Å²) in [6, 6.07) is 10.6. The Morgan fingerprint density at radius 3 is 2.47 bits per heavy atom. The minimum atomic E-state index is -1.15. The predicted octanol–water partition coefficient (Wildman–Crippen LogP) is 4.10. The van der Waals surface area contributed by atoms with Gasteiger partial charge in [0.15, 0.2) is 0 Å². The van der Waals surface area contributed by atoms with Gasteiger partial charge in [0.05, 0.1) is 16.3 Å². The number of urea groups is 1. The van der Waals surface area contributed by atoms with Crippen molar-refractivity contribution < 1.29 is 33.1 Å². The van der Waals surface area contributed by atoms with E-state index in [0.29, 0.717) is 10.5 Å². The molecule has 1 fully saturated rings. The Hall–Kier alpha value is -4.24. The lowest BCUT2D eigenvalue weighted by Gasteiger charge is -2.26. The first kappa shape index (κ1) is 21.0. The fourth-order valence-electron chi connectivity index (χ4n) is 3.05. The van der Waals surface area contributed by atoms with Crippen LogP contribution in [0, 0.1) is 5.82 Å². The molecule has 2 aromatic carbocycles. The van der Waals surface area contributed by atoms with Gasteiger partial charge in [0, 0.05) is 5.56 Å². The number of carboxylic acid groups (broad SMARTS) is 1. The van der Waals surface area contributed by atoms with Crippen LogP contribution in [0.2, 0.25) is 5.02 Å². The summed E-state index contributed by atoms with van der Waals surface area (Å²) in [5.41, 5.74) is -0.0142. The fraction of sp³-hybridized carbons (Fsp3) is 0. The van der Waals surface area contributed by atoms with Gasteiger partial charge >= 0.3 is 12.0 Å². The number of carbonyl (C=O) groups is 4. The third kappa shape index (κ3) is 3.88. The summed E-state index contributed by atoms with van der Waals surface area (Å²) < 4.78 is 18.8. The molecule has 2 heterocycles. The molecular formula is C22H12ClFN2O6. The minimum Gasteiger partial charge on any atom is -0.478 e. The summed E-state index contributed by atoms with van der Waals surface area (Å²) in [6.45, 7) is 0. The van der Waals surface area contributed by atoms with Crippen LogP contribution in [0.3, 0.4) is 0 Å². The molecule has 0 saturated carbocycles. The highest BCUT2D eigenvalue weighted by atomic mass is 35.5. The molecular weight excluding hydrogens is 443 g/mol. The quantitative estimate of drug-likeness (QED) is 0.452. The van der Waals surface area contributed by atoms with Gasteiger partial charge in [0.25, 0.3) is 11.8 Å². The van der Waals surface area contributed by atoms with Crippen LogP contribution < -0.4 is 10.2 Å². The highest BCUT2D eigenvalue weighted by Gasteiger charge is 2.37. The summed E-state index contributed by atoms with van der Waals surface area (Å²) in [5, 5.41) is 11.5. The molecule has 1 aromatic heterocycles. The average molecular weight is 455 g/mol. The molecule has 2 N–H and O–H groups in total. The lowest BCUT2D eigenvalue weighted by Crippen LogP contribution is -2.54. The van der Waals surface area contributed by atoms with Gasteiger partial charge in [-0.3, -0.25) is 14.9 Å². The number of furan rings is 1. The Balaban J connectivity index is 1.69. The van der Waals surface area contributed by atoms with Gasteiger partial charge in [0.1, 0.15) is 22.9 Å². The Morgan fingerprint density at radius 1 is 1.06 bits per heavy atom. The maximum Gasteiger partial charge on any atom is 0.335 e. The molecule has 1 aliphatic rings. The molecule has 1 aliphatic heterocycles. The number of halogens is 2. The number of carbonyl (C=O) groups excluding carboxylic acids is 3. The molecule has 1 saturated heterocycles. The Kier molecular flexibility index (Phi) is 5.33. The standard InChI is InChI=1S/C22H12ClFN2O6/c23-17-7-1-11(21(29)30)9-15(17)18-8-6-14(32-18)10-16-19(27)25-22(31)26(20(16)28)13-4-2-12(24)3-5-13/h1-10H,(H,29,30)(H,25,27,31)/b16-10+. The number of hydrogen-bond donors (Lipinski definition) is 2. The van der Waals surface area contributed by atoms with Gasteiger partial charge in [-0.15, -0.1) is 0 Å². The lowest BCUT2D eigenvalue weighted by molar-refractivity contribution is -0.122. The molecule has 4 amide bonds. The van der Waals surface area contributed by atoms with E-state index < -0.39 is 29.6 Å². The Morgan fingerprint density at radius 2 is 1.78 bits per heavy atom. The molecule has 4 rings (SSSR count). The van der Waals surface area contributed by atoms with Gasteiger partial charge in [0.2, 0.25) is 0 Å². The number of amides is 4. The van der Waals surface area contributed by atoms with Crippen LogP contribution in [0.1, 0.15) is 16.1 Å². The van der Waals surface area contributed by atoms with Gasteiger partial charge in [-0.1, -0.05) is 11.6 Å². The van der Waals surface area contributed by atoms with Crippen LogP contribution in [0.4, 0.5) is 14.9 Å². The van der Waals surface area contributed by atoms with E-state index in [4.69, 9.17) is 21.1 Å². The molecule has 32 heavy (non-hydrogen) atoms. The van der Waals surface area contributed by atoms with Crippen molar-refractivity contribution in [1.82, 2.24) is 5.32 Å². The van der Waals surface area contributed by atoms with E-state index in [-0.39, 0.29) is 33.4 Å². The monoisotopic (exact) mass is 454 g/mol. The number of benzene rings is 2. The van der Waals surface area contributed by atoms with E-state index in [1.807, 2.05) is 5.32 Å². The van der Waals surface area contributed by atoms with E-state index in [1.165, 1.54) is 42.5 Å². The molecule has 8 nitrogen and oxygen atoms in total. The molecule has 10 heteroatoms. The van der Waals surface area contributed by atoms with Crippen molar-refractivity contribution in [3.05, 3.63) is 82.3 Å². The van der Waals surface area contributed by atoms with Crippen LogP contribution in [-0.2, 0) is 9.59 Å². The molecule has 0 radical (unpaired) electrons. The number of hydrogen-bond acceptors (Lipinski definition) is 5. The molecule has 0 bridgehead atoms. The second-order valence-electron chi connectivity index (χ2n) is 6.64. The maximum absolute atomic E-state index is 13.2. The highest BCUT2D eigenvalue weighted by molar-refractivity contribution is 6.39.